The fourth-order valence-corrected chi connectivity index (χ4v) is 4.84. The molecule has 0 aliphatic carbocycles. The van der Waals surface area contributed by atoms with Crippen LogP contribution < -0.4 is 5.32 Å². The molecular formula is C21H29BrN4O. The van der Waals surface area contributed by atoms with Gasteiger partial charge in [0.15, 0.2) is 0 Å². The summed E-state index contributed by atoms with van der Waals surface area (Å²) in [4.78, 5) is 19.4. The van der Waals surface area contributed by atoms with Crippen molar-refractivity contribution in [2.75, 3.05) is 5.32 Å². The summed E-state index contributed by atoms with van der Waals surface area (Å²) in [5, 5.41) is 3.49. The molecule has 1 fully saturated rings. The molecule has 1 saturated heterocycles. The van der Waals surface area contributed by atoms with E-state index in [1.807, 2.05) is 10.8 Å². The third-order valence-electron chi connectivity index (χ3n) is 5.51. The zero-order valence-electron chi connectivity index (χ0n) is 16.6. The number of imidazole rings is 1. The molecule has 3 rings (SSSR count). The van der Waals surface area contributed by atoms with Crippen molar-refractivity contribution in [3.8, 4) is 0 Å². The topological polar surface area (TPSA) is 50.2 Å². The summed E-state index contributed by atoms with van der Waals surface area (Å²) in [6.07, 6.45) is 7.06. The number of likely N-dealkylation sites (tertiary alicyclic amines) is 1. The summed E-state index contributed by atoms with van der Waals surface area (Å²) < 4.78 is 3.05. The molecule has 1 aromatic carbocycles. The second-order valence-corrected chi connectivity index (χ2v) is 8.59. The van der Waals surface area contributed by atoms with Gasteiger partial charge in [0.2, 0.25) is 5.91 Å². The van der Waals surface area contributed by atoms with E-state index in [0.717, 1.165) is 28.8 Å². The molecule has 1 N–H and O–H groups in total. The Kier molecular flexibility index (Phi) is 6.25. The number of hydrogen-bond acceptors (Lipinski definition) is 3. The molecule has 1 aromatic heterocycles. The van der Waals surface area contributed by atoms with Gasteiger partial charge in [-0.15, -0.1) is 0 Å². The summed E-state index contributed by atoms with van der Waals surface area (Å²) >= 11 is 3.54. The molecule has 0 bridgehead atoms. The highest BCUT2D eigenvalue weighted by Crippen LogP contribution is 2.26. The monoisotopic (exact) mass is 432 g/mol. The summed E-state index contributed by atoms with van der Waals surface area (Å²) in [5.41, 5.74) is 3.50. The number of rotatable bonds is 5. The lowest BCUT2D eigenvalue weighted by Crippen LogP contribution is -2.48. The minimum atomic E-state index is 0.185. The van der Waals surface area contributed by atoms with Gasteiger partial charge in [0, 0.05) is 34.6 Å². The van der Waals surface area contributed by atoms with Gasteiger partial charge >= 0.3 is 0 Å². The maximum Gasteiger partial charge on any atom is 0.243 e. The Bertz CT molecular complexity index is 783. The molecule has 2 aromatic rings. The lowest BCUT2D eigenvalue weighted by Gasteiger charge is -2.39. The van der Waals surface area contributed by atoms with Crippen molar-refractivity contribution in [2.24, 2.45) is 0 Å². The molecular weight excluding hydrogens is 404 g/mol. The molecule has 6 heteroatoms. The number of carbonyl (C=O) groups excluding carboxylic acids is 1. The fourth-order valence-electron chi connectivity index (χ4n) is 4.15. The fraction of sp³-hybridized carbons (Fsp3) is 0.524. The average molecular weight is 433 g/mol. The van der Waals surface area contributed by atoms with E-state index in [-0.39, 0.29) is 5.91 Å². The largest absolute Gasteiger partial charge is 0.377 e. The molecule has 1 aliphatic rings. The third-order valence-corrected chi connectivity index (χ3v) is 5.97. The Morgan fingerprint density at radius 1 is 1.22 bits per heavy atom. The van der Waals surface area contributed by atoms with Gasteiger partial charge in [-0.2, -0.15) is 0 Å². The second-order valence-electron chi connectivity index (χ2n) is 7.67. The van der Waals surface area contributed by atoms with Crippen LogP contribution in [-0.4, -0.2) is 32.4 Å². The Balaban J connectivity index is 1.69. The molecule has 146 valence electrons. The van der Waals surface area contributed by atoms with Gasteiger partial charge in [-0.25, -0.2) is 4.98 Å². The lowest BCUT2D eigenvalue weighted by molar-refractivity contribution is -0.137. The van der Waals surface area contributed by atoms with E-state index in [1.165, 1.54) is 17.5 Å². The first-order chi connectivity index (χ1) is 12.9. The number of aromatic nitrogens is 2. The molecule has 5 nitrogen and oxygen atoms in total. The highest BCUT2D eigenvalue weighted by Gasteiger charge is 2.29. The van der Waals surface area contributed by atoms with Crippen molar-refractivity contribution in [1.82, 2.24) is 14.5 Å². The van der Waals surface area contributed by atoms with Crippen LogP contribution in [0.15, 0.2) is 29.0 Å². The number of carbonyl (C=O) groups is 1. The van der Waals surface area contributed by atoms with Crippen LogP contribution in [0.3, 0.4) is 0 Å². The van der Waals surface area contributed by atoms with Gasteiger partial charge in [0.1, 0.15) is 12.4 Å². The first kappa shape index (κ1) is 19.9. The smallest absolute Gasteiger partial charge is 0.243 e. The number of nitrogens with one attached hydrogen (secondary N) is 1. The van der Waals surface area contributed by atoms with E-state index in [9.17, 15) is 4.79 Å². The lowest BCUT2D eigenvalue weighted by atomic mass is 9.97. The van der Waals surface area contributed by atoms with Gasteiger partial charge in [-0.05, 0) is 70.2 Å². The quantitative estimate of drug-likeness (QED) is 0.746. The number of amides is 1. The van der Waals surface area contributed by atoms with Crippen LogP contribution >= 0.6 is 15.9 Å². The van der Waals surface area contributed by atoms with E-state index < -0.39 is 0 Å². The molecule has 1 amide bonds. The van der Waals surface area contributed by atoms with Crippen LogP contribution in [-0.2, 0) is 17.9 Å². The Labute approximate surface area is 170 Å². The molecule has 0 saturated carbocycles. The first-order valence-electron chi connectivity index (χ1n) is 9.68. The molecule has 2 heterocycles. The summed E-state index contributed by atoms with van der Waals surface area (Å²) in [7, 11) is 0. The van der Waals surface area contributed by atoms with Crippen molar-refractivity contribution in [1.29, 1.82) is 0 Å². The second kappa shape index (κ2) is 8.46. The number of anilines is 1. The van der Waals surface area contributed by atoms with E-state index in [2.05, 4.69) is 71.0 Å². The van der Waals surface area contributed by atoms with E-state index in [0.29, 0.717) is 25.2 Å². The molecule has 0 unspecified atom stereocenters. The van der Waals surface area contributed by atoms with Gasteiger partial charge in [0.25, 0.3) is 0 Å². The van der Waals surface area contributed by atoms with Crippen molar-refractivity contribution >= 4 is 27.5 Å². The number of halogens is 1. The van der Waals surface area contributed by atoms with Crippen LogP contribution in [0.5, 0.6) is 0 Å². The van der Waals surface area contributed by atoms with Crippen molar-refractivity contribution in [3.63, 3.8) is 0 Å². The van der Waals surface area contributed by atoms with Gasteiger partial charge in [0.05, 0.1) is 6.54 Å². The van der Waals surface area contributed by atoms with E-state index >= 15 is 0 Å². The average Bonchev–Trinajstić information content (AvgIpc) is 3.00. The SMILES string of the molecule is Cc1cc(Br)cc(C)c1NCc1nccn1CC(=O)N1[C@H](C)CCC[C@@H]1C. The molecule has 0 radical (unpaired) electrons. The summed E-state index contributed by atoms with van der Waals surface area (Å²) in [6, 6.07) is 4.84. The minimum absolute atomic E-state index is 0.185. The predicted molar refractivity (Wildman–Crippen MR) is 113 cm³/mol. The van der Waals surface area contributed by atoms with Gasteiger partial charge in [-0.1, -0.05) is 15.9 Å². The zero-order chi connectivity index (χ0) is 19.6. The van der Waals surface area contributed by atoms with Crippen LogP contribution in [0.4, 0.5) is 5.69 Å². The van der Waals surface area contributed by atoms with Crippen molar-refractivity contribution in [3.05, 3.63) is 46.0 Å². The molecule has 0 spiro atoms. The maximum atomic E-state index is 12.9. The third kappa shape index (κ3) is 4.54. The van der Waals surface area contributed by atoms with Crippen LogP contribution in [0.1, 0.15) is 50.1 Å². The van der Waals surface area contributed by atoms with Crippen molar-refractivity contribution < 1.29 is 4.79 Å². The number of benzene rings is 1. The Hall–Kier alpha value is -1.82. The summed E-state index contributed by atoms with van der Waals surface area (Å²) in [5.74, 6) is 1.06. The van der Waals surface area contributed by atoms with Crippen LogP contribution in [0.25, 0.3) is 0 Å². The van der Waals surface area contributed by atoms with Gasteiger partial charge < -0.3 is 14.8 Å². The Morgan fingerprint density at radius 3 is 2.48 bits per heavy atom. The first-order valence-corrected chi connectivity index (χ1v) is 10.5. The molecule has 1 aliphatic heterocycles. The minimum Gasteiger partial charge on any atom is -0.377 e. The molecule has 2 atom stereocenters. The summed E-state index contributed by atoms with van der Waals surface area (Å²) in [6.45, 7) is 9.44. The van der Waals surface area contributed by atoms with E-state index in [1.54, 1.807) is 6.20 Å². The number of piperidine rings is 1. The normalized spacial score (nSPS) is 20.0. The highest BCUT2D eigenvalue weighted by molar-refractivity contribution is 9.10. The number of nitrogens with zero attached hydrogens (tertiary/aromatic N) is 3. The standard InChI is InChI=1S/C21H29BrN4O/c1-14-10-18(22)11-15(2)21(14)24-12-19-23-8-9-25(19)13-20(27)26-16(3)6-5-7-17(26)4/h8-11,16-17,24H,5-7,12-13H2,1-4H3/t16-,17+. The van der Waals surface area contributed by atoms with Crippen molar-refractivity contribution in [2.45, 2.75) is 72.1 Å². The van der Waals surface area contributed by atoms with E-state index in [4.69, 9.17) is 0 Å². The number of aryl methyl sites for hydroxylation is 2. The predicted octanol–water partition coefficient (Wildman–Crippen LogP) is 4.66. The number of hydrogen-bond donors (Lipinski definition) is 1. The van der Waals surface area contributed by atoms with Gasteiger partial charge in [-0.3, -0.25) is 4.79 Å². The highest BCUT2D eigenvalue weighted by atomic mass is 79.9. The zero-order valence-corrected chi connectivity index (χ0v) is 18.2. The molecule has 27 heavy (non-hydrogen) atoms. The maximum absolute atomic E-state index is 12.9. The Morgan fingerprint density at radius 2 is 1.85 bits per heavy atom. The van der Waals surface area contributed by atoms with Crippen LogP contribution in [0, 0.1) is 13.8 Å². The van der Waals surface area contributed by atoms with Crippen LogP contribution in [0.2, 0.25) is 0 Å².